The first kappa shape index (κ1) is 12.6. The van der Waals surface area contributed by atoms with Crippen molar-refractivity contribution in [2.24, 2.45) is 12.8 Å². The predicted molar refractivity (Wildman–Crippen MR) is 74.3 cm³/mol. The van der Waals surface area contributed by atoms with Crippen molar-refractivity contribution in [3.8, 4) is 0 Å². The van der Waals surface area contributed by atoms with E-state index in [1.165, 1.54) is 11.1 Å². The molecule has 1 heterocycles. The second-order valence-corrected chi connectivity index (χ2v) is 4.33. The van der Waals surface area contributed by atoms with Crippen LogP contribution in [0.2, 0.25) is 0 Å². The molecule has 18 heavy (non-hydrogen) atoms. The predicted octanol–water partition coefficient (Wildman–Crippen LogP) is 1.91. The van der Waals surface area contributed by atoms with Crippen LogP contribution in [0.3, 0.4) is 0 Å². The lowest BCUT2D eigenvalue weighted by Crippen LogP contribution is -2.25. The molecule has 0 bridgehead atoms. The van der Waals surface area contributed by atoms with Gasteiger partial charge in [0.15, 0.2) is 0 Å². The highest BCUT2D eigenvalue weighted by atomic mass is 15.3. The molecule has 2 aromatic rings. The van der Waals surface area contributed by atoms with Crippen molar-refractivity contribution in [3.63, 3.8) is 0 Å². The molecular formula is C14H20N4. The largest absolute Gasteiger partial charge is 0.338 e. The second-order valence-electron chi connectivity index (χ2n) is 4.33. The summed E-state index contributed by atoms with van der Waals surface area (Å²) in [4.78, 5) is 6.64. The van der Waals surface area contributed by atoms with Crippen molar-refractivity contribution in [1.29, 1.82) is 0 Å². The monoisotopic (exact) mass is 244 g/mol. The zero-order valence-electron chi connectivity index (χ0n) is 11.0. The average molecular weight is 244 g/mol. The Balaban J connectivity index is 2.23. The highest BCUT2D eigenvalue weighted by Crippen LogP contribution is 2.16. The molecule has 0 aliphatic rings. The summed E-state index contributed by atoms with van der Waals surface area (Å²) in [5.41, 5.74) is 8.24. The summed E-state index contributed by atoms with van der Waals surface area (Å²) >= 11 is 0. The number of anilines is 1. The molecule has 0 atom stereocenters. The van der Waals surface area contributed by atoms with E-state index in [0.29, 0.717) is 6.54 Å². The molecular weight excluding hydrogens is 224 g/mol. The summed E-state index contributed by atoms with van der Waals surface area (Å²) in [6, 6.07) is 8.30. The van der Waals surface area contributed by atoms with E-state index < -0.39 is 0 Å². The van der Waals surface area contributed by atoms with Gasteiger partial charge >= 0.3 is 0 Å². The first-order chi connectivity index (χ1) is 8.76. The number of nitrogens with zero attached hydrogens (tertiary/aromatic N) is 3. The van der Waals surface area contributed by atoms with Crippen molar-refractivity contribution < 1.29 is 0 Å². The van der Waals surface area contributed by atoms with Gasteiger partial charge < -0.3 is 15.2 Å². The number of rotatable bonds is 5. The normalized spacial score (nSPS) is 10.6. The van der Waals surface area contributed by atoms with Crippen LogP contribution in [-0.2, 0) is 20.1 Å². The zero-order chi connectivity index (χ0) is 13.0. The van der Waals surface area contributed by atoms with Gasteiger partial charge in [0.25, 0.3) is 0 Å². The number of imidazole rings is 1. The molecule has 0 aliphatic heterocycles. The van der Waals surface area contributed by atoms with Gasteiger partial charge in [0, 0.05) is 39.1 Å². The van der Waals surface area contributed by atoms with E-state index >= 15 is 0 Å². The average Bonchev–Trinajstić information content (AvgIpc) is 2.82. The Morgan fingerprint density at radius 1 is 1.28 bits per heavy atom. The summed E-state index contributed by atoms with van der Waals surface area (Å²) < 4.78 is 2.04. The van der Waals surface area contributed by atoms with E-state index in [9.17, 15) is 0 Å². The van der Waals surface area contributed by atoms with Gasteiger partial charge in [-0.25, -0.2) is 4.98 Å². The van der Waals surface area contributed by atoms with Crippen LogP contribution >= 0.6 is 0 Å². The van der Waals surface area contributed by atoms with Gasteiger partial charge in [-0.15, -0.1) is 0 Å². The van der Waals surface area contributed by atoms with Crippen molar-refractivity contribution in [2.75, 3.05) is 11.4 Å². The molecule has 0 spiro atoms. The molecule has 0 unspecified atom stereocenters. The number of benzene rings is 1. The SMILES string of the molecule is CCN(Cc1ccccc1CN)c1nccn1C. The molecule has 0 saturated heterocycles. The Kier molecular flexibility index (Phi) is 3.99. The first-order valence-electron chi connectivity index (χ1n) is 6.25. The molecule has 96 valence electrons. The number of nitrogens with two attached hydrogens (primary N) is 1. The number of hydrogen-bond donors (Lipinski definition) is 1. The lowest BCUT2D eigenvalue weighted by Gasteiger charge is -2.23. The molecule has 0 aliphatic carbocycles. The van der Waals surface area contributed by atoms with Gasteiger partial charge in [0.05, 0.1) is 0 Å². The number of hydrogen-bond acceptors (Lipinski definition) is 3. The molecule has 4 heteroatoms. The van der Waals surface area contributed by atoms with Gasteiger partial charge in [0.1, 0.15) is 0 Å². The molecule has 2 N–H and O–H groups in total. The van der Waals surface area contributed by atoms with Crippen LogP contribution in [0.15, 0.2) is 36.7 Å². The summed E-state index contributed by atoms with van der Waals surface area (Å²) in [6.45, 7) is 4.48. The van der Waals surface area contributed by atoms with Crippen LogP contribution < -0.4 is 10.6 Å². The molecule has 1 aromatic carbocycles. The highest BCUT2D eigenvalue weighted by Gasteiger charge is 2.11. The minimum atomic E-state index is 0.578. The minimum Gasteiger partial charge on any atom is -0.338 e. The molecule has 2 rings (SSSR count). The Labute approximate surface area is 108 Å². The van der Waals surface area contributed by atoms with Crippen molar-refractivity contribution in [2.45, 2.75) is 20.0 Å². The maximum atomic E-state index is 5.78. The topological polar surface area (TPSA) is 47.1 Å². The summed E-state index contributed by atoms with van der Waals surface area (Å²) in [7, 11) is 2.01. The number of aromatic nitrogens is 2. The van der Waals surface area contributed by atoms with Gasteiger partial charge in [-0.2, -0.15) is 0 Å². The summed E-state index contributed by atoms with van der Waals surface area (Å²) in [5, 5.41) is 0. The van der Waals surface area contributed by atoms with Crippen LogP contribution in [0.5, 0.6) is 0 Å². The Bertz CT molecular complexity index is 504. The molecule has 1 aromatic heterocycles. The van der Waals surface area contributed by atoms with Gasteiger partial charge in [-0.3, -0.25) is 0 Å². The fraction of sp³-hybridized carbons (Fsp3) is 0.357. The van der Waals surface area contributed by atoms with E-state index in [1.54, 1.807) is 0 Å². The van der Waals surface area contributed by atoms with E-state index in [-0.39, 0.29) is 0 Å². The summed E-state index contributed by atoms with van der Waals surface area (Å²) in [6.07, 6.45) is 3.79. The summed E-state index contributed by atoms with van der Waals surface area (Å²) in [5.74, 6) is 0.990. The van der Waals surface area contributed by atoms with Crippen LogP contribution in [0.4, 0.5) is 5.95 Å². The van der Waals surface area contributed by atoms with E-state index in [4.69, 9.17) is 5.73 Å². The lowest BCUT2D eigenvalue weighted by molar-refractivity contribution is 0.748. The standard InChI is InChI=1S/C14H20N4/c1-3-18(14-16-8-9-17(14)2)11-13-7-5-4-6-12(13)10-15/h4-9H,3,10-11,15H2,1-2H3. The zero-order valence-corrected chi connectivity index (χ0v) is 11.0. The van der Waals surface area contributed by atoms with Crippen LogP contribution in [0.25, 0.3) is 0 Å². The molecule has 0 saturated carbocycles. The van der Waals surface area contributed by atoms with Crippen LogP contribution in [0, 0.1) is 0 Å². The highest BCUT2D eigenvalue weighted by molar-refractivity contribution is 5.36. The smallest absolute Gasteiger partial charge is 0.205 e. The fourth-order valence-electron chi connectivity index (χ4n) is 2.10. The first-order valence-corrected chi connectivity index (χ1v) is 6.25. The van der Waals surface area contributed by atoms with Gasteiger partial charge in [-0.1, -0.05) is 24.3 Å². The minimum absolute atomic E-state index is 0.578. The van der Waals surface area contributed by atoms with Crippen molar-refractivity contribution in [1.82, 2.24) is 9.55 Å². The Hall–Kier alpha value is -1.81. The Morgan fingerprint density at radius 3 is 2.56 bits per heavy atom. The maximum Gasteiger partial charge on any atom is 0.205 e. The lowest BCUT2D eigenvalue weighted by atomic mass is 10.1. The van der Waals surface area contributed by atoms with E-state index in [0.717, 1.165) is 19.0 Å². The van der Waals surface area contributed by atoms with Gasteiger partial charge in [0.2, 0.25) is 5.95 Å². The third-order valence-electron chi connectivity index (χ3n) is 3.16. The van der Waals surface area contributed by atoms with Crippen molar-refractivity contribution in [3.05, 3.63) is 47.8 Å². The molecule has 0 amide bonds. The fourth-order valence-corrected chi connectivity index (χ4v) is 2.10. The third kappa shape index (κ3) is 2.54. The molecule has 4 nitrogen and oxygen atoms in total. The Morgan fingerprint density at radius 2 is 2.00 bits per heavy atom. The third-order valence-corrected chi connectivity index (χ3v) is 3.16. The van der Waals surface area contributed by atoms with Crippen LogP contribution in [-0.4, -0.2) is 16.1 Å². The molecule has 0 fully saturated rings. The maximum absolute atomic E-state index is 5.78. The quantitative estimate of drug-likeness (QED) is 0.874. The molecule has 0 radical (unpaired) electrons. The second kappa shape index (κ2) is 5.69. The number of aryl methyl sites for hydroxylation is 1. The van der Waals surface area contributed by atoms with Gasteiger partial charge in [-0.05, 0) is 18.1 Å². The van der Waals surface area contributed by atoms with Crippen LogP contribution in [0.1, 0.15) is 18.1 Å². The van der Waals surface area contributed by atoms with E-state index in [2.05, 4.69) is 35.0 Å². The van der Waals surface area contributed by atoms with Crippen molar-refractivity contribution >= 4 is 5.95 Å². The van der Waals surface area contributed by atoms with E-state index in [1.807, 2.05) is 30.1 Å².